The lowest BCUT2D eigenvalue weighted by Gasteiger charge is -2.21. The number of benzene rings is 1. The van der Waals surface area contributed by atoms with Gasteiger partial charge in [0.1, 0.15) is 28.3 Å². The number of carbonyl (C=O) groups excluding carboxylic acids is 1. The number of carbonyl (C=O) groups is 1. The van der Waals surface area contributed by atoms with E-state index in [0.717, 1.165) is 21.0 Å². The summed E-state index contributed by atoms with van der Waals surface area (Å²) in [5.41, 5.74) is 2.47. The quantitative estimate of drug-likeness (QED) is 0.458. The van der Waals surface area contributed by atoms with Crippen molar-refractivity contribution >= 4 is 34.6 Å². The van der Waals surface area contributed by atoms with Crippen molar-refractivity contribution in [1.29, 1.82) is 0 Å². The topological polar surface area (TPSA) is 69.4 Å². The van der Waals surface area contributed by atoms with E-state index < -0.39 is 23.4 Å². The summed E-state index contributed by atoms with van der Waals surface area (Å²) in [6.07, 6.45) is -0.0120. The van der Waals surface area contributed by atoms with Gasteiger partial charge in [0.25, 0.3) is 0 Å². The number of aromatic nitrogens is 3. The van der Waals surface area contributed by atoms with Crippen LogP contribution < -0.4 is 0 Å². The number of rotatable bonds is 3. The lowest BCUT2D eigenvalue weighted by atomic mass is 9.99. The monoisotopic (exact) mass is 474 g/mol. The summed E-state index contributed by atoms with van der Waals surface area (Å²) in [6.45, 7) is 11.4. The lowest BCUT2D eigenvalue weighted by Crippen LogP contribution is -2.25. The van der Waals surface area contributed by atoms with Gasteiger partial charge in [0.2, 0.25) is 0 Å². The minimum absolute atomic E-state index is 0.0120. The fourth-order valence-corrected chi connectivity index (χ4v) is 5.04. The molecule has 0 N–H and O–H groups in total. The number of fused-ring (bicyclic) bond motifs is 3. The number of hydrogen-bond acceptors (Lipinski definition) is 6. The van der Waals surface area contributed by atoms with Gasteiger partial charge in [0.05, 0.1) is 17.2 Å². The Bertz CT molecular complexity index is 1260. The van der Waals surface area contributed by atoms with Crippen LogP contribution in [0.3, 0.4) is 0 Å². The van der Waals surface area contributed by atoms with Gasteiger partial charge in [-0.15, -0.1) is 21.5 Å². The van der Waals surface area contributed by atoms with Crippen LogP contribution in [0.5, 0.6) is 0 Å². The molecule has 0 radical (unpaired) electrons. The van der Waals surface area contributed by atoms with E-state index in [2.05, 4.69) is 10.2 Å². The highest BCUT2D eigenvalue weighted by atomic mass is 35.5. The first-order valence-corrected chi connectivity index (χ1v) is 11.4. The Morgan fingerprint density at radius 1 is 1.25 bits per heavy atom. The molecular formula is C23H24ClFN4O2S. The smallest absolute Gasteiger partial charge is 0.308 e. The zero-order valence-electron chi connectivity index (χ0n) is 18.8. The lowest BCUT2D eigenvalue weighted by molar-refractivity contribution is -0.155. The van der Waals surface area contributed by atoms with Crippen molar-refractivity contribution in [2.75, 3.05) is 0 Å². The standard InChI is InChI=1S/C23H24ClFN4O2S/c1-11-12(2)32-22-19(11)20(14-7-8-15(24)16(25)9-14)26-17(10-18(30)31-23(4,5)6)21-28-27-13(3)29(21)22/h7-9,17H,10H2,1-6H3. The highest BCUT2D eigenvalue weighted by Gasteiger charge is 2.33. The van der Waals surface area contributed by atoms with Crippen LogP contribution >= 0.6 is 22.9 Å². The molecule has 32 heavy (non-hydrogen) atoms. The summed E-state index contributed by atoms with van der Waals surface area (Å²) in [7, 11) is 0. The predicted octanol–water partition coefficient (Wildman–Crippen LogP) is 5.67. The van der Waals surface area contributed by atoms with E-state index in [1.165, 1.54) is 12.1 Å². The van der Waals surface area contributed by atoms with E-state index in [1.807, 2.05) is 46.1 Å². The van der Waals surface area contributed by atoms with Gasteiger partial charge in [-0.3, -0.25) is 14.4 Å². The number of halogens is 2. The first-order valence-electron chi connectivity index (χ1n) is 10.2. The Morgan fingerprint density at radius 2 is 1.97 bits per heavy atom. The molecule has 1 atom stereocenters. The highest BCUT2D eigenvalue weighted by molar-refractivity contribution is 7.15. The molecule has 3 aromatic rings. The second kappa shape index (κ2) is 8.08. The maximum Gasteiger partial charge on any atom is 0.308 e. The normalized spacial score (nSPS) is 15.6. The second-order valence-electron chi connectivity index (χ2n) is 8.82. The van der Waals surface area contributed by atoms with Crippen molar-refractivity contribution in [2.24, 2.45) is 4.99 Å². The number of aryl methyl sites for hydroxylation is 2. The van der Waals surface area contributed by atoms with Gasteiger partial charge in [-0.1, -0.05) is 17.7 Å². The molecule has 2 aromatic heterocycles. The fraction of sp³-hybridized carbons (Fsp3) is 0.391. The van der Waals surface area contributed by atoms with Crippen LogP contribution in [0.2, 0.25) is 5.02 Å². The predicted molar refractivity (Wildman–Crippen MR) is 124 cm³/mol. The first-order chi connectivity index (χ1) is 15.0. The maximum absolute atomic E-state index is 14.4. The van der Waals surface area contributed by atoms with Gasteiger partial charge in [-0.05, 0) is 59.2 Å². The Morgan fingerprint density at radius 3 is 2.62 bits per heavy atom. The van der Waals surface area contributed by atoms with Gasteiger partial charge in [-0.2, -0.15) is 0 Å². The zero-order valence-corrected chi connectivity index (χ0v) is 20.4. The third kappa shape index (κ3) is 4.09. The number of nitrogens with zero attached hydrogens (tertiary/aromatic N) is 4. The molecule has 0 saturated heterocycles. The van der Waals surface area contributed by atoms with E-state index >= 15 is 0 Å². The van der Waals surface area contributed by atoms with Crippen molar-refractivity contribution in [3.05, 3.63) is 62.3 Å². The average molecular weight is 475 g/mol. The van der Waals surface area contributed by atoms with Crippen molar-refractivity contribution in [2.45, 2.75) is 59.6 Å². The molecule has 1 aromatic carbocycles. The molecule has 1 aliphatic rings. The summed E-state index contributed by atoms with van der Waals surface area (Å²) in [5, 5.41) is 9.55. The van der Waals surface area contributed by atoms with E-state index in [9.17, 15) is 9.18 Å². The van der Waals surface area contributed by atoms with Gasteiger partial charge >= 0.3 is 5.97 Å². The summed E-state index contributed by atoms with van der Waals surface area (Å²) >= 11 is 7.52. The van der Waals surface area contributed by atoms with E-state index in [1.54, 1.807) is 17.4 Å². The van der Waals surface area contributed by atoms with E-state index in [0.29, 0.717) is 22.9 Å². The molecule has 3 heterocycles. The van der Waals surface area contributed by atoms with Gasteiger partial charge in [0, 0.05) is 16.0 Å². The van der Waals surface area contributed by atoms with Crippen LogP contribution in [0, 0.1) is 26.6 Å². The molecule has 0 bridgehead atoms. The molecule has 0 fully saturated rings. The minimum atomic E-state index is -0.640. The number of ether oxygens (including phenoxy) is 1. The third-order valence-corrected chi connectivity index (χ3v) is 6.71. The summed E-state index contributed by atoms with van der Waals surface area (Å²) < 4.78 is 21.9. The van der Waals surface area contributed by atoms with Crippen LogP contribution in [0.25, 0.3) is 5.00 Å². The molecule has 0 aliphatic carbocycles. The maximum atomic E-state index is 14.4. The van der Waals surface area contributed by atoms with Gasteiger partial charge in [0.15, 0.2) is 5.82 Å². The van der Waals surface area contributed by atoms with Crippen LogP contribution in [0.4, 0.5) is 4.39 Å². The molecule has 168 valence electrons. The summed E-state index contributed by atoms with van der Waals surface area (Å²) in [4.78, 5) is 18.8. The largest absolute Gasteiger partial charge is 0.460 e. The number of aliphatic imine (C=N–C) groups is 1. The van der Waals surface area contributed by atoms with Crippen LogP contribution in [-0.2, 0) is 9.53 Å². The van der Waals surface area contributed by atoms with Crippen molar-refractivity contribution in [3.63, 3.8) is 0 Å². The third-order valence-electron chi connectivity index (χ3n) is 5.21. The Balaban J connectivity index is 1.93. The Kier molecular flexibility index (Phi) is 5.71. The van der Waals surface area contributed by atoms with Crippen LogP contribution in [0.15, 0.2) is 23.2 Å². The van der Waals surface area contributed by atoms with Gasteiger partial charge in [-0.25, -0.2) is 4.39 Å². The number of hydrogen-bond donors (Lipinski definition) is 0. The second-order valence-corrected chi connectivity index (χ2v) is 10.4. The number of thiophene rings is 1. The van der Waals surface area contributed by atoms with Gasteiger partial charge < -0.3 is 4.74 Å². The molecule has 0 spiro atoms. The minimum Gasteiger partial charge on any atom is -0.460 e. The van der Waals surface area contributed by atoms with Crippen molar-refractivity contribution < 1.29 is 13.9 Å². The molecule has 1 unspecified atom stereocenters. The van der Waals surface area contributed by atoms with Crippen LogP contribution in [-0.4, -0.2) is 32.0 Å². The SMILES string of the molecule is Cc1sc2c(c1C)C(c1ccc(Cl)c(F)c1)=NC(CC(=O)OC(C)(C)C)c1nnc(C)n1-2. The summed E-state index contributed by atoms with van der Waals surface area (Å²) in [6, 6.07) is 3.99. The zero-order chi connectivity index (χ0) is 23.4. The fourth-order valence-electron chi connectivity index (χ4n) is 3.71. The highest BCUT2D eigenvalue weighted by Crippen LogP contribution is 2.40. The Labute approximate surface area is 195 Å². The first kappa shape index (κ1) is 22.6. The van der Waals surface area contributed by atoms with E-state index in [-0.39, 0.29) is 11.4 Å². The molecule has 0 saturated carbocycles. The summed E-state index contributed by atoms with van der Waals surface area (Å²) in [5.74, 6) is 0.329. The average Bonchev–Trinajstić information content (AvgIpc) is 3.15. The molecule has 9 heteroatoms. The number of esters is 1. The molecule has 6 nitrogen and oxygen atoms in total. The molecule has 4 rings (SSSR count). The van der Waals surface area contributed by atoms with E-state index in [4.69, 9.17) is 21.3 Å². The molecule has 1 aliphatic heterocycles. The molecule has 0 amide bonds. The Hall–Kier alpha value is -2.58. The van der Waals surface area contributed by atoms with Crippen LogP contribution in [0.1, 0.15) is 66.5 Å². The molecular weight excluding hydrogens is 451 g/mol. The van der Waals surface area contributed by atoms with Crippen molar-refractivity contribution in [1.82, 2.24) is 14.8 Å². The van der Waals surface area contributed by atoms with Crippen molar-refractivity contribution in [3.8, 4) is 5.00 Å².